The number of rotatable bonds is 6. The Labute approximate surface area is 136 Å². The van der Waals surface area contributed by atoms with Crippen LogP contribution in [0.4, 0.5) is 5.69 Å². The van der Waals surface area contributed by atoms with Gasteiger partial charge in [0, 0.05) is 38.2 Å². The predicted octanol–water partition coefficient (Wildman–Crippen LogP) is 2.29. The molecular weight excluding hydrogens is 296 g/mol. The van der Waals surface area contributed by atoms with Crippen LogP contribution in [0.5, 0.6) is 11.5 Å². The van der Waals surface area contributed by atoms with Gasteiger partial charge in [-0.3, -0.25) is 9.59 Å². The van der Waals surface area contributed by atoms with Crippen LogP contribution in [-0.2, 0) is 9.59 Å². The largest absolute Gasteiger partial charge is 0.486 e. The molecule has 0 aromatic heterocycles. The molecule has 1 heterocycles. The van der Waals surface area contributed by atoms with Crippen molar-refractivity contribution in [2.45, 2.75) is 27.2 Å². The van der Waals surface area contributed by atoms with Gasteiger partial charge in [0.15, 0.2) is 11.5 Å². The average molecular weight is 320 g/mol. The molecule has 1 aromatic carbocycles. The van der Waals surface area contributed by atoms with E-state index in [1.165, 1.54) is 6.92 Å². The second-order valence-corrected chi connectivity index (χ2v) is 6.02. The molecule has 0 saturated carbocycles. The van der Waals surface area contributed by atoms with Gasteiger partial charge in [-0.2, -0.15) is 0 Å². The molecule has 6 heteroatoms. The molecule has 0 bridgehead atoms. The van der Waals surface area contributed by atoms with Crippen LogP contribution in [0.15, 0.2) is 18.2 Å². The van der Waals surface area contributed by atoms with E-state index in [1.54, 1.807) is 23.1 Å². The van der Waals surface area contributed by atoms with E-state index in [9.17, 15) is 9.59 Å². The first kappa shape index (κ1) is 17.1. The van der Waals surface area contributed by atoms with Crippen molar-refractivity contribution in [2.24, 2.45) is 5.92 Å². The van der Waals surface area contributed by atoms with E-state index in [-0.39, 0.29) is 18.2 Å². The number of ether oxygens (including phenoxy) is 2. The number of fused-ring (bicyclic) bond motifs is 1. The van der Waals surface area contributed by atoms with Gasteiger partial charge < -0.3 is 19.7 Å². The van der Waals surface area contributed by atoms with Crippen molar-refractivity contribution in [3.63, 3.8) is 0 Å². The Kier molecular flexibility index (Phi) is 5.84. The van der Waals surface area contributed by atoms with Gasteiger partial charge in [-0.1, -0.05) is 13.8 Å². The lowest BCUT2D eigenvalue weighted by Crippen LogP contribution is -2.34. The summed E-state index contributed by atoms with van der Waals surface area (Å²) >= 11 is 0. The lowest BCUT2D eigenvalue weighted by atomic mass is 10.2. The van der Waals surface area contributed by atoms with Crippen molar-refractivity contribution >= 4 is 17.5 Å². The summed E-state index contributed by atoms with van der Waals surface area (Å²) in [5, 5.41) is 2.83. The van der Waals surface area contributed by atoms with Crippen molar-refractivity contribution in [2.75, 3.05) is 31.6 Å². The highest BCUT2D eigenvalue weighted by atomic mass is 16.6. The molecule has 1 aliphatic heterocycles. The summed E-state index contributed by atoms with van der Waals surface area (Å²) in [7, 11) is 0. The molecule has 0 radical (unpaired) electrons. The van der Waals surface area contributed by atoms with E-state index in [0.29, 0.717) is 49.4 Å². The number of nitrogens with zero attached hydrogens (tertiary/aromatic N) is 1. The quantitative estimate of drug-likeness (QED) is 0.873. The lowest BCUT2D eigenvalue weighted by Gasteiger charge is -2.23. The number of amides is 2. The zero-order chi connectivity index (χ0) is 16.8. The highest BCUT2D eigenvalue weighted by Crippen LogP contribution is 2.32. The monoisotopic (exact) mass is 320 g/mol. The molecule has 1 aliphatic rings. The van der Waals surface area contributed by atoms with Gasteiger partial charge in [0.25, 0.3) is 0 Å². The Morgan fingerprint density at radius 2 is 1.91 bits per heavy atom. The van der Waals surface area contributed by atoms with Gasteiger partial charge in [-0.25, -0.2) is 0 Å². The number of nitrogens with one attached hydrogen (secondary N) is 1. The first-order chi connectivity index (χ1) is 11.0. The summed E-state index contributed by atoms with van der Waals surface area (Å²) in [6.45, 7) is 7.75. The highest BCUT2D eigenvalue weighted by molar-refractivity contribution is 5.91. The molecule has 6 nitrogen and oxygen atoms in total. The molecule has 1 aromatic rings. The van der Waals surface area contributed by atoms with E-state index < -0.39 is 0 Å². The van der Waals surface area contributed by atoms with Crippen molar-refractivity contribution in [3.8, 4) is 11.5 Å². The number of hydrogen-bond donors (Lipinski definition) is 1. The summed E-state index contributed by atoms with van der Waals surface area (Å²) in [5.41, 5.74) is 0.664. The van der Waals surface area contributed by atoms with Gasteiger partial charge >= 0.3 is 0 Å². The van der Waals surface area contributed by atoms with Crippen LogP contribution in [0.2, 0.25) is 0 Å². The molecule has 126 valence electrons. The zero-order valence-corrected chi connectivity index (χ0v) is 13.9. The van der Waals surface area contributed by atoms with Crippen molar-refractivity contribution in [1.29, 1.82) is 0 Å². The fraction of sp³-hybridized carbons (Fsp3) is 0.529. The Balaban J connectivity index is 1.88. The van der Waals surface area contributed by atoms with Crippen LogP contribution in [0, 0.1) is 5.92 Å². The average Bonchev–Trinajstić information content (AvgIpc) is 2.50. The number of benzene rings is 1. The third-order valence-electron chi connectivity index (χ3n) is 3.47. The van der Waals surface area contributed by atoms with E-state index in [4.69, 9.17) is 9.47 Å². The molecule has 2 amide bonds. The summed E-state index contributed by atoms with van der Waals surface area (Å²) in [6, 6.07) is 5.32. The first-order valence-electron chi connectivity index (χ1n) is 7.90. The molecule has 0 fully saturated rings. The summed E-state index contributed by atoms with van der Waals surface area (Å²) in [5.74, 6) is 1.57. The minimum Gasteiger partial charge on any atom is -0.486 e. The summed E-state index contributed by atoms with van der Waals surface area (Å²) in [6.07, 6.45) is 0.265. The molecular formula is C17H24N2O4. The fourth-order valence-corrected chi connectivity index (χ4v) is 2.40. The Morgan fingerprint density at radius 1 is 1.22 bits per heavy atom. The van der Waals surface area contributed by atoms with Crippen molar-refractivity contribution < 1.29 is 19.1 Å². The second-order valence-electron chi connectivity index (χ2n) is 6.02. The van der Waals surface area contributed by atoms with Crippen LogP contribution in [0.25, 0.3) is 0 Å². The normalized spacial score (nSPS) is 12.9. The minimum absolute atomic E-state index is 0.00849. The van der Waals surface area contributed by atoms with Gasteiger partial charge in [-0.15, -0.1) is 0 Å². The van der Waals surface area contributed by atoms with Crippen LogP contribution in [-0.4, -0.2) is 43.0 Å². The number of anilines is 1. The third-order valence-corrected chi connectivity index (χ3v) is 3.47. The molecule has 0 saturated heterocycles. The lowest BCUT2D eigenvalue weighted by molar-refractivity contribution is -0.129. The summed E-state index contributed by atoms with van der Waals surface area (Å²) < 4.78 is 10.9. The van der Waals surface area contributed by atoms with Crippen molar-refractivity contribution in [3.05, 3.63) is 18.2 Å². The molecule has 1 N–H and O–H groups in total. The van der Waals surface area contributed by atoms with E-state index in [1.807, 2.05) is 13.8 Å². The number of carbonyl (C=O) groups excluding carboxylic acids is 2. The Hall–Kier alpha value is -2.24. The van der Waals surface area contributed by atoms with Crippen LogP contribution in [0.3, 0.4) is 0 Å². The predicted molar refractivity (Wildman–Crippen MR) is 87.8 cm³/mol. The Morgan fingerprint density at radius 3 is 2.57 bits per heavy atom. The Bertz CT molecular complexity index is 572. The molecule has 2 rings (SSSR count). The maximum Gasteiger partial charge on any atom is 0.226 e. The smallest absolute Gasteiger partial charge is 0.226 e. The topological polar surface area (TPSA) is 67.9 Å². The zero-order valence-electron chi connectivity index (χ0n) is 13.9. The van der Waals surface area contributed by atoms with Crippen molar-refractivity contribution in [1.82, 2.24) is 4.90 Å². The standard InChI is InChI=1S/C17H24N2O4/c1-12(2)11-19(13(3)20)7-6-17(21)18-14-4-5-15-16(10-14)23-9-8-22-15/h4-5,10,12H,6-9,11H2,1-3H3,(H,18,21). The number of hydrogen-bond acceptors (Lipinski definition) is 4. The van der Waals surface area contributed by atoms with E-state index >= 15 is 0 Å². The van der Waals surface area contributed by atoms with E-state index in [0.717, 1.165) is 0 Å². The SMILES string of the molecule is CC(=O)N(CCC(=O)Nc1ccc2c(c1)OCCO2)CC(C)C. The minimum atomic E-state index is -0.128. The van der Waals surface area contributed by atoms with Crippen LogP contribution in [0.1, 0.15) is 27.2 Å². The van der Waals surface area contributed by atoms with Gasteiger partial charge in [0.2, 0.25) is 11.8 Å². The van der Waals surface area contributed by atoms with Gasteiger partial charge in [0.05, 0.1) is 0 Å². The summed E-state index contributed by atoms with van der Waals surface area (Å²) in [4.78, 5) is 25.3. The second kappa shape index (κ2) is 7.85. The van der Waals surface area contributed by atoms with Crippen LogP contribution < -0.4 is 14.8 Å². The first-order valence-corrected chi connectivity index (χ1v) is 7.90. The fourth-order valence-electron chi connectivity index (χ4n) is 2.40. The number of carbonyl (C=O) groups is 2. The highest BCUT2D eigenvalue weighted by Gasteiger charge is 2.15. The van der Waals surface area contributed by atoms with Gasteiger partial charge in [-0.05, 0) is 18.1 Å². The maximum absolute atomic E-state index is 12.1. The maximum atomic E-state index is 12.1. The molecule has 0 spiro atoms. The molecule has 0 unspecified atom stereocenters. The molecule has 23 heavy (non-hydrogen) atoms. The molecule has 0 atom stereocenters. The van der Waals surface area contributed by atoms with E-state index in [2.05, 4.69) is 5.32 Å². The molecule has 0 aliphatic carbocycles. The van der Waals surface area contributed by atoms with Crippen LogP contribution >= 0.6 is 0 Å². The van der Waals surface area contributed by atoms with Gasteiger partial charge in [0.1, 0.15) is 13.2 Å². The third kappa shape index (κ3) is 5.16.